The highest BCUT2D eigenvalue weighted by atomic mass is 32.2. The Morgan fingerprint density at radius 3 is 2.50 bits per heavy atom. The van der Waals surface area contributed by atoms with Crippen LogP contribution < -0.4 is 19.1 Å². The van der Waals surface area contributed by atoms with Crippen molar-refractivity contribution in [2.24, 2.45) is 0 Å². The molecule has 0 amide bonds. The zero-order valence-corrected chi connectivity index (χ0v) is 19.7. The summed E-state index contributed by atoms with van der Waals surface area (Å²) in [7, 11) is 1.37. The third-order valence-corrected chi connectivity index (χ3v) is 7.66. The Hall–Kier alpha value is -2.33. The van der Waals surface area contributed by atoms with Crippen molar-refractivity contribution in [2.75, 3.05) is 65.6 Å². The van der Waals surface area contributed by atoms with Crippen molar-refractivity contribution in [1.29, 1.82) is 0 Å². The highest BCUT2D eigenvalue weighted by Gasteiger charge is 2.27. The van der Waals surface area contributed by atoms with Crippen LogP contribution in [0, 0.1) is 0 Å². The molecule has 0 bridgehead atoms. The van der Waals surface area contributed by atoms with Gasteiger partial charge in [-0.1, -0.05) is 12.1 Å². The zero-order chi connectivity index (χ0) is 22.7. The van der Waals surface area contributed by atoms with Crippen LogP contribution in [0.3, 0.4) is 0 Å². The van der Waals surface area contributed by atoms with Gasteiger partial charge in [0.2, 0.25) is 10.0 Å². The Labute approximate surface area is 190 Å². The number of nitrogens with one attached hydrogen (secondary N) is 1. The number of hydrogen-bond donors (Lipinski definition) is 1. The van der Waals surface area contributed by atoms with E-state index in [1.54, 1.807) is 6.07 Å². The number of benzene rings is 2. The van der Waals surface area contributed by atoms with Crippen LogP contribution in [-0.4, -0.2) is 74.0 Å². The van der Waals surface area contributed by atoms with Crippen LogP contribution in [0.25, 0.3) is 0 Å². The van der Waals surface area contributed by atoms with Crippen molar-refractivity contribution in [3.63, 3.8) is 0 Å². The Balaban J connectivity index is 1.58. The minimum Gasteiger partial charge on any atom is -0.493 e. The summed E-state index contributed by atoms with van der Waals surface area (Å²) in [6.45, 7) is 4.09. The van der Waals surface area contributed by atoms with E-state index in [4.69, 9.17) is 14.2 Å². The Morgan fingerprint density at radius 1 is 1.03 bits per heavy atom. The van der Waals surface area contributed by atoms with E-state index in [0.29, 0.717) is 24.7 Å². The van der Waals surface area contributed by atoms with E-state index in [1.807, 2.05) is 0 Å². The van der Waals surface area contributed by atoms with Gasteiger partial charge in [-0.2, -0.15) is 0 Å². The van der Waals surface area contributed by atoms with E-state index in [-0.39, 0.29) is 17.5 Å². The predicted octanol–water partition coefficient (Wildman–Crippen LogP) is 2.05. The maximum absolute atomic E-state index is 13.1. The molecule has 1 saturated heterocycles. The molecule has 8 nitrogen and oxygen atoms in total. The predicted molar refractivity (Wildman–Crippen MR) is 123 cm³/mol. The Morgan fingerprint density at radius 2 is 1.78 bits per heavy atom. The molecule has 2 aliphatic heterocycles. The lowest BCUT2D eigenvalue weighted by molar-refractivity contribution is 0.0172. The average Bonchev–Trinajstić information content (AvgIpc) is 3.19. The van der Waals surface area contributed by atoms with Gasteiger partial charge in [0, 0.05) is 51.0 Å². The van der Waals surface area contributed by atoms with E-state index in [2.05, 4.69) is 39.8 Å². The lowest BCUT2D eigenvalue weighted by Gasteiger charge is -2.35. The number of nitrogens with zero attached hydrogens (tertiary/aromatic N) is 2. The second kappa shape index (κ2) is 9.66. The van der Waals surface area contributed by atoms with Gasteiger partial charge in [-0.15, -0.1) is 0 Å². The number of likely N-dealkylation sites (N-methyl/N-ethyl adjacent to an activating group) is 1. The molecule has 0 spiro atoms. The van der Waals surface area contributed by atoms with Crippen LogP contribution in [-0.2, 0) is 21.2 Å². The summed E-state index contributed by atoms with van der Waals surface area (Å²) < 4.78 is 45.0. The van der Waals surface area contributed by atoms with Gasteiger partial charge in [0.1, 0.15) is 0 Å². The number of morpholine rings is 1. The lowest BCUT2D eigenvalue weighted by atomic mass is 10.0. The van der Waals surface area contributed by atoms with Crippen molar-refractivity contribution in [2.45, 2.75) is 17.4 Å². The van der Waals surface area contributed by atoms with E-state index in [0.717, 1.165) is 31.6 Å². The highest BCUT2D eigenvalue weighted by Crippen LogP contribution is 2.32. The summed E-state index contributed by atoms with van der Waals surface area (Å²) in [5.41, 5.74) is 3.68. The minimum atomic E-state index is -3.73. The molecule has 174 valence electrons. The van der Waals surface area contributed by atoms with E-state index in [1.165, 1.54) is 37.6 Å². The molecule has 0 aliphatic carbocycles. The van der Waals surface area contributed by atoms with Gasteiger partial charge >= 0.3 is 0 Å². The number of sulfonamides is 1. The van der Waals surface area contributed by atoms with Crippen LogP contribution >= 0.6 is 0 Å². The highest BCUT2D eigenvalue weighted by molar-refractivity contribution is 7.89. The van der Waals surface area contributed by atoms with Gasteiger partial charge in [-0.3, -0.25) is 4.90 Å². The largest absolute Gasteiger partial charge is 0.493 e. The fourth-order valence-corrected chi connectivity index (χ4v) is 5.45. The van der Waals surface area contributed by atoms with Crippen molar-refractivity contribution in [1.82, 2.24) is 9.62 Å². The number of ether oxygens (including phenoxy) is 3. The smallest absolute Gasteiger partial charge is 0.240 e. The molecule has 0 unspecified atom stereocenters. The molecule has 1 atom stereocenters. The summed E-state index contributed by atoms with van der Waals surface area (Å²) in [4.78, 5) is 4.69. The fraction of sp³-hybridized carbons (Fsp3) is 0.478. The van der Waals surface area contributed by atoms with Gasteiger partial charge in [0.15, 0.2) is 11.5 Å². The number of methoxy groups -OCH3 is 2. The first-order valence-electron chi connectivity index (χ1n) is 10.8. The minimum absolute atomic E-state index is 0.0787. The summed E-state index contributed by atoms with van der Waals surface area (Å²) in [6.07, 6.45) is 1.01. The van der Waals surface area contributed by atoms with Crippen LogP contribution in [0.1, 0.15) is 17.2 Å². The number of rotatable bonds is 8. The first-order valence-corrected chi connectivity index (χ1v) is 12.3. The molecule has 9 heteroatoms. The van der Waals surface area contributed by atoms with Gasteiger partial charge in [0.05, 0.1) is 32.3 Å². The van der Waals surface area contributed by atoms with Crippen LogP contribution in [0.2, 0.25) is 0 Å². The molecule has 0 aromatic heterocycles. The molecule has 2 aromatic rings. The second-order valence-corrected chi connectivity index (χ2v) is 9.86. The van der Waals surface area contributed by atoms with Gasteiger partial charge < -0.3 is 19.1 Å². The number of fused-ring (bicyclic) bond motifs is 1. The van der Waals surface area contributed by atoms with Gasteiger partial charge in [0.25, 0.3) is 0 Å². The summed E-state index contributed by atoms with van der Waals surface area (Å²) in [5.74, 6) is 0.864. The van der Waals surface area contributed by atoms with Crippen molar-refractivity contribution in [3.8, 4) is 11.5 Å². The monoisotopic (exact) mass is 461 g/mol. The van der Waals surface area contributed by atoms with Gasteiger partial charge in [-0.05, 0) is 35.7 Å². The summed E-state index contributed by atoms with van der Waals surface area (Å²) in [5, 5.41) is 0. The molecule has 1 N–H and O–H groups in total. The molecule has 0 saturated carbocycles. The topological polar surface area (TPSA) is 80.3 Å². The van der Waals surface area contributed by atoms with Crippen molar-refractivity contribution in [3.05, 3.63) is 47.5 Å². The average molecular weight is 462 g/mol. The van der Waals surface area contributed by atoms with Crippen LogP contribution in [0.5, 0.6) is 11.5 Å². The Kier molecular flexibility index (Phi) is 6.90. The molecule has 4 rings (SSSR count). The van der Waals surface area contributed by atoms with Crippen LogP contribution in [0.15, 0.2) is 41.3 Å². The molecule has 1 fully saturated rings. The third-order valence-electron chi connectivity index (χ3n) is 6.23. The maximum atomic E-state index is 13.1. The van der Waals surface area contributed by atoms with Crippen molar-refractivity contribution >= 4 is 15.7 Å². The SMILES string of the molecule is COc1ccc(S(=O)(=O)NC[C@@H](c2ccc3c(c2)CCN3C)N2CCOCC2)cc1OC. The quantitative estimate of drug-likeness (QED) is 0.644. The number of hydrogen-bond acceptors (Lipinski definition) is 7. The van der Waals surface area contributed by atoms with E-state index in [9.17, 15) is 8.42 Å². The third kappa shape index (κ3) is 4.71. The first-order chi connectivity index (χ1) is 15.4. The summed E-state index contributed by atoms with van der Waals surface area (Å²) >= 11 is 0. The fourth-order valence-electron chi connectivity index (χ4n) is 4.40. The number of anilines is 1. The zero-order valence-electron chi connectivity index (χ0n) is 18.8. The molecule has 32 heavy (non-hydrogen) atoms. The maximum Gasteiger partial charge on any atom is 0.240 e. The van der Waals surface area contributed by atoms with Crippen LogP contribution in [0.4, 0.5) is 5.69 Å². The molecule has 2 aromatic carbocycles. The normalized spacial score (nSPS) is 17.8. The Bertz CT molecular complexity index is 1050. The van der Waals surface area contributed by atoms with Gasteiger partial charge in [-0.25, -0.2) is 13.1 Å². The molecular weight excluding hydrogens is 430 g/mol. The second-order valence-electron chi connectivity index (χ2n) is 8.09. The van der Waals surface area contributed by atoms with E-state index < -0.39 is 10.0 Å². The standard InChI is InChI=1S/C23H31N3O5S/c1-25-9-8-18-14-17(4-6-20(18)25)21(26-10-12-31-13-11-26)16-24-32(27,28)19-5-7-22(29-2)23(15-19)30-3/h4-7,14-15,21,24H,8-13,16H2,1-3H3/t21-/m0/s1. The van der Waals surface area contributed by atoms with E-state index >= 15 is 0 Å². The van der Waals surface area contributed by atoms with Crippen molar-refractivity contribution < 1.29 is 22.6 Å². The summed E-state index contributed by atoms with van der Waals surface area (Å²) in [6, 6.07) is 11.0. The molecule has 2 aliphatic rings. The first kappa shape index (κ1) is 22.8. The molecule has 2 heterocycles. The molecular formula is C23H31N3O5S. The lowest BCUT2D eigenvalue weighted by Crippen LogP contribution is -2.43. The molecule has 0 radical (unpaired) electrons.